The first-order valence-corrected chi connectivity index (χ1v) is 7.49. The molecular weight excluding hydrogens is 282 g/mol. The molecule has 1 aromatic heterocycles. The van der Waals surface area contributed by atoms with Gasteiger partial charge in [-0.25, -0.2) is 4.79 Å². The number of hydrogen-bond acceptors (Lipinski definition) is 3. The van der Waals surface area contributed by atoms with Crippen molar-refractivity contribution in [3.8, 4) is 0 Å². The van der Waals surface area contributed by atoms with Crippen LogP contribution in [0.3, 0.4) is 0 Å². The molecule has 2 heterocycles. The van der Waals surface area contributed by atoms with Crippen LogP contribution in [0.4, 0.5) is 4.79 Å². The second kappa shape index (κ2) is 6.17. The molecule has 1 aromatic rings. The molecule has 1 aliphatic heterocycles. The lowest BCUT2D eigenvalue weighted by Crippen LogP contribution is -2.30. The number of carbonyl (C=O) groups excluding carboxylic acids is 1. The molecule has 2 unspecified atom stereocenters. The molecule has 6 heteroatoms. The Balaban J connectivity index is 1.34. The average Bonchev–Trinajstić information content (AvgIpc) is 2.96. The molecule has 0 bridgehead atoms. The number of hydrogen-bond donors (Lipinski definition) is 2. The number of rotatable bonds is 5. The van der Waals surface area contributed by atoms with E-state index in [0.29, 0.717) is 37.4 Å². The fourth-order valence-corrected chi connectivity index (χ4v) is 3.30. The molecule has 1 saturated carbocycles. The summed E-state index contributed by atoms with van der Waals surface area (Å²) in [7, 11) is 0. The van der Waals surface area contributed by atoms with Crippen LogP contribution in [0, 0.1) is 17.8 Å². The van der Waals surface area contributed by atoms with Gasteiger partial charge in [0.1, 0.15) is 0 Å². The highest BCUT2D eigenvalue weighted by atomic mass is 16.4. The van der Waals surface area contributed by atoms with Crippen molar-refractivity contribution >= 4 is 18.1 Å². The number of fused-ring (bicyclic) bond motifs is 1. The first-order chi connectivity index (χ1) is 10.6. The Morgan fingerprint density at radius 1 is 1.41 bits per heavy atom. The van der Waals surface area contributed by atoms with Crippen molar-refractivity contribution in [2.24, 2.45) is 17.8 Å². The molecule has 2 amide bonds. The van der Waals surface area contributed by atoms with Crippen LogP contribution >= 0.6 is 0 Å². The van der Waals surface area contributed by atoms with E-state index in [-0.39, 0.29) is 5.91 Å². The van der Waals surface area contributed by atoms with Crippen molar-refractivity contribution < 1.29 is 14.7 Å². The van der Waals surface area contributed by atoms with E-state index in [1.165, 1.54) is 11.0 Å². The number of carboxylic acid groups (broad SMARTS) is 1. The van der Waals surface area contributed by atoms with Crippen LogP contribution in [0.25, 0.3) is 6.08 Å². The molecule has 0 aromatic carbocycles. The van der Waals surface area contributed by atoms with Gasteiger partial charge in [-0.2, -0.15) is 0 Å². The van der Waals surface area contributed by atoms with Gasteiger partial charge >= 0.3 is 6.09 Å². The molecule has 6 nitrogen and oxygen atoms in total. The van der Waals surface area contributed by atoms with E-state index in [1.54, 1.807) is 18.5 Å². The maximum Gasteiger partial charge on any atom is 0.407 e. The van der Waals surface area contributed by atoms with Gasteiger partial charge in [-0.1, -0.05) is 6.07 Å². The smallest absolute Gasteiger partial charge is 0.407 e. The lowest BCUT2D eigenvalue weighted by molar-refractivity contribution is -0.116. The summed E-state index contributed by atoms with van der Waals surface area (Å²) in [6.45, 7) is 1.94. The minimum Gasteiger partial charge on any atom is -0.465 e. The van der Waals surface area contributed by atoms with Crippen LogP contribution in [0.1, 0.15) is 12.0 Å². The third-order valence-electron chi connectivity index (χ3n) is 4.53. The minimum atomic E-state index is -0.820. The van der Waals surface area contributed by atoms with Gasteiger partial charge in [0, 0.05) is 38.1 Å². The molecule has 3 rings (SSSR count). The monoisotopic (exact) mass is 301 g/mol. The Hall–Kier alpha value is -2.37. The molecule has 0 spiro atoms. The normalized spacial score (nSPS) is 26.0. The number of amides is 2. The van der Waals surface area contributed by atoms with Crippen molar-refractivity contribution in [2.45, 2.75) is 6.42 Å². The molecule has 2 N–H and O–H groups in total. The fourth-order valence-electron chi connectivity index (χ4n) is 3.30. The second-order valence-electron chi connectivity index (χ2n) is 5.88. The molecule has 0 radical (unpaired) electrons. The van der Waals surface area contributed by atoms with Crippen LogP contribution in [-0.4, -0.2) is 46.6 Å². The lowest BCUT2D eigenvalue weighted by Gasteiger charge is -2.15. The summed E-state index contributed by atoms with van der Waals surface area (Å²) in [5.74, 6) is 1.46. The minimum absolute atomic E-state index is 0.109. The van der Waals surface area contributed by atoms with Crippen LogP contribution < -0.4 is 5.32 Å². The van der Waals surface area contributed by atoms with Gasteiger partial charge in [0.05, 0.1) is 0 Å². The van der Waals surface area contributed by atoms with Gasteiger partial charge in [0.2, 0.25) is 5.91 Å². The fraction of sp³-hybridized carbons (Fsp3) is 0.438. The first-order valence-electron chi connectivity index (χ1n) is 7.49. The molecule has 2 fully saturated rings. The van der Waals surface area contributed by atoms with Gasteiger partial charge in [-0.15, -0.1) is 0 Å². The van der Waals surface area contributed by atoms with Crippen LogP contribution in [-0.2, 0) is 4.79 Å². The van der Waals surface area contributed by atoms with Crippen LogP contribution in [0.5, 0.6) is 0 Å². The molecule has 116 valence electrons. The maximum atomic E-state index is 11.7. The quantitative estimate of drug-likeness (QED) is 0.807. The number of aromatic nitrogens is 1. The van der Waals surface area contributed by atoms with Gasteiger partial charge in [0.15, 0.2) is 0 Å². The lowest BCUT2D eigenvalue weighted by atomic mass is 10.2. The molecular formula is C16H19N3O3. The predicted octanol–water partition coefficient (Wildman–Crippen LogP) is 1.46. The Morgan fingerprint density at radius 2 is 2.18 bits per heavy atom. The van der Waals surface area contributed by atoms with E-state index in [1.807, 2.05) is 12.1 Å². The number of nitrogens with one attached hydrogen (secondary N) is 1. The van der Waals surface area contributed by atoms with E-state index in [4.69, 9.17) is 5.11 Å². The number of nitrogens with zero attached hydrogens (tertiary/aromatic N) is 2. The summed E-state index contributed by atoms with van der Waals surface area (Å²) >= 11 is 0. The summed E-state index contributed by atoms with van der Waals surface area (Å²) in [4.78, 5) is 28.0. The van der Waals surface area contributed by atoms with Crippen LogP contribution in [0.15, 0.2) is 30.6 Å². The summed E-state index contributed by atoms with van der Waals surface area (Å²) in [6.07, 6.45) is 6.74. The first kappa shape index (κ1) is 14.6. The van der Waals surface area contributed by atoms with Crippen molar-refractivity contribution in [1.82, 2.24) is 15.2 Å². The SMILES string of the molecule is O=C(/C=C/c1cccnc1)NCCC1C2CN(C(=O)O)CC12. The highest BCUT2D eigenvalue weighted by molar-refractivity contribution is 5.91. The second-order valence-corrected chi connectivity index (χ2v) is 5.88. The van der Waals surface area contributed by atoms with E-state index in [2.05, 4.69) is 10.3 Å². The van der Waals surface area contributed by atoms with Gasteiger partial charge < -0.3 is 15.3 Å². The Morgan fingerprint density at radius 3 is 2.82 bits per heavy atom. The van der Waals surface area contributed by atoms with E-state index in [0.717, 1.165) is 12.0 Å². The third kappa shape index (κ3) is 3.27. The topological polar surface area (TPSA) is 82.5 Å². The summed E-state index contributed by atoms with van der Waals surface area (Å²) in [5, 5.41) is 11.8. The molecule has 1 saturated heterocycles. The van der Waals surface area contributed by atoms with Crippen molar-refractivity contribution in [3.05, 3.63) is 36.2 Å². The molecule has 2 aliphatic rings. The van der Waals surface area contributed by atoms with Gasteiger partial charge in [-0.3, -0.25) is 9.78 Å². The summed E-state index contributed by atoms with van der Waals surface area (Å²) in [6, 6.07) is 3.71. The van der Waals surface area contributed by atoms with Crippen molar-refractivity contribution in [3.63, 3.8) is 0 Å². The number of carbonyl (C=O) groups is 2. The van der Waals surface area contributed by atoms with E-state index < -0.39 is 6.09 Å². The number of likely N-dealkylation sites (tertiary alicyclic amines) is 1. The Kier molecular flexibility index (Phi) is 4.09. The third-order valence-corrected chi connectivity index (χ3v) is 4.53. The van der Waals surface area contributed by atoms with Crippen molar-refractivity contribution in [1.29, 1.82) is 0 Å². The average molecular weight is 301 g/mol. The van der Waals surface area contributed by atoms with E-state index in [9.17, 15) is 9.59 Å². The maximum absolute atomic E-state index is 11.7. The number of pyridine rings is 1. The zero-order valence-electron chi connectivity index (χ0n) is 12.2. The summed E-state index contributed by atoms with van der Waals surface area (Å²) in [5.41, 5.74) is 0.892. The predicted molar refractivity (Wildman–Crippen MR) is 81.0 cm³/mol. The largest absolute Gasteiger partial charge is 0.465 e. The van der Waals surface area contributed by atoms with Gasteiger partial charge in [0.25, 0.3) is 0 Å². The Labute approximate surface area is 128 Å². The molecule has 2 atom stereocenters. The highest BCUT2D eigenvalue weighted by Crippen LogP contribution is 2.53. The summed E-state index contributed by atoms with van der Waals surface area (Å²) < 4.78 is 0. The highest BCUT2D eigenvalue weighted by Gasteiger charge is 2.55. The zero-order valence-corrected chi connectivity index (χ0v) is 12.2. The van der Waals surface area contributed by atoms with E-state index >= 15 is 0 Å². The number of piperidine rings is 1. The van der Waals surface area contributed by atoms with Gasteiger partial charge in [-0.05, 0) is 41.9 Å². The van der Waals surface area contributed by atoms with Crippen LogP contribution in [0.2, 0.25) is 0 Å². The standard InChI is InChI=1S/C16H19N3O3/c20-15(4-3-11-2-1-6-17-8-11)18-7-5-12-13-9-19(16(21)22)10-14(12)13/h1-4,6,8,12-14H,5,7,9-10H2,(H,18,20)(H,21,22)/b4-3+. The molecule has 1 aliphatic carbocycles. The zero-order chi connectivity index (χ0) is 15.5. The molecule has 22 heavy (non-hydrogen) atoms. The van der Waals surface area contributed by atoms with Crippen molar-refractivity contribution in [2.75, 3.05) is 19.6 Å². The Bertz CT molecular complexity index is 576.